The van der Waals surface area contributed by atoms with Crippen molar-refractivity contribution in [1.82, 2.24) is 5.32 Å². The van der Waals surface area contributed by atoms with Gasteiger partial charge in [0, 0.05) is 18.5 Å². The van der Waals surface area contributed by atoms with Crippen LogP contribution in [0.3, 0.4) is 0 Å². The molecule has 0 amide bonds. The number of carboxylic acids is 1. The molecule has 0 aromatic rings. The van der Waals surface area contributed by atoms with E-state index in [9.17, 15) is 4.79 Å². The van der Waals surface area contributed by atoms with Crippen LogP contribution in [0.2, 0.25) is 0 Å². The van der Waals surface area contributed by atoms with E-state index in [0.29, 0.717) is 5.41 Å². The summed E-state index contributed by atoms with van der Waals surface area (Å²) in [4.78, 5) is 10.4. The summed E-state index contributed by atoms with van der Waals surface area (Å²) in [6.45, 7) is 2.80. The molecule has 1 spiro atoms. The van der Waals surface area contributed by atoms with Crippen molar-refractivity contribution in [3.05, 3.63) is 0 Å². The van der Waals surface area contributed by atoms with E-state index in [1.165, 1.54) is 0 Å². The van der Waals surface area contributed by atoms with Crippen LogP contribution in [0, 0.1) is 5.41 Å². The monoisotopic (exact) mass is 185 g/mol. The predicted octanol–water partition coefficient (Wildman–Crippen LogP) is 0.230. The Morgan fingerprint density at radius 1 is 1.62 bits per heavy atom. The van der Waals surface area contributed by atoms with E-state index in [1.54, 1.807) is 0 Å². The SMILES string of the molecule is O=C(O)CC1CCC2(CNC2)CO1. The number of hydrogen-bond acceptors (Lipinski definition) is 3. The Balaban J connectivity index is 1.79. The second-order valence-corrected chi connectivity index (χ2v) is 4.17. The van der Waals surface area contributed by atoms with Gasteiger partial charge in [-0.3, -0.25) is 4.79 Å². The molecule has 74 valence electrons. The van der Waals surface area contributed by atoms with E-state index in [0.717, 1.165) is 32.5 Å². The second-order valence-electron chi connectivity index (χ2n) is 4.17. The van der Waals surface area contributed by atoms with Crippen molar-refractivity contribution < 1.29 is 14.6 Å². The summed E-state index contributed by atoms with van der Waals surface area (Å²) in [6.07, 6.45) is 2.11. The van der Waals surface area contributed by atoms with Crippen molar-refractivity contribution in [3.8, 4) is 0 Å². The fraction of sp³-hybridized carbons (Fsp3) is 0.889. The fourth-order valence-electron chi connectivity index (χ4n) is 2.03. The van der Waals surface area contributed by atoms with E-state index in [-0.39, 0.29) is 12.5 Å². The first-order valence-electron chi connectivity index (χ1n) is 4.74. The zero-order valence-electron chi connectivity index (χ0n) is 7.58. The van der Waals surface area contributed by atoms with Crippen LogP contribution in [0.15, 0.2) is 0 Å². The Hall–Kier alpha value is -0.610. The van der Waals surface area contributed by atoms with Crippen LogP contribution < -0.4 is 5.32 Å². The lowest BCUT2D eigenvalue weighted by molar-refractivity contribution is -0.145. The Kier molecular flexibility index (Phi) is 2.26. The number of carboxylic acid groups (broad SMARTS) is 1. The Labute approximate surface area is 77.3 Å². The number of rotatable bonds is 2. The van der Waals surface area contributed by atoms with Crippen molar-refractivity contribution in [2.45, 2.75) is 25.4 Å². The largest absolute Gasteiger partial charge is 0.481 e. The molecular formula is C9H15NO3. The minimum absolute atomic E-state index is 0.0521. The zero-order valence-corrected chi connectivity index (χ0v) is 7.58. The molecule has 1 unspecified atom stereocenters. The number of hydrogen-bond donors (Lipinski definition) is 2. The molecule has 4 heteroatoms. The molecule has 2 saturated heterocycles. The first-order chi connectivity index (χ1) is 6.20. The number of ether oxygens (including phenoxy) is 1. The molecule has 2 rings (SSSR count). The average Bonchev–Trinajstić information content (AvgIpc) is 2.02. The molecule has 0 aromatic heterocycles. The van der Waals surface area contributed by atoms with Gasteiger partial charge < -0.3 is 15.2 Å². The minimum Gasteiger partial charge on any atom is -0.481 e. The van der Waals surface area contributed by atoms with E-state index >= 15 is 0 Å². The molecule has 0 saturated carbocycles. The summed E-state index contributed by atoms with van der Waals surface area (Å²) in [7, 11) is 0. The van der Waals surface area contributed by atoms with Crippen molar-refractivity contribution in [2.24, 2.45) is 5.41 Å². The molecule has 0 bridgehead atoms. The molecule has 2 fully saturated rings. The van der Waals surface area contributed by atoms with Gasteiger partial charge in [-0.1, -0.05) is 0 Å². The molecule has 0 aromatic carbocycles. The third-order valence-electron chi connectivity index (χ3n) is 3.02. The lowest BCUT2D eigenvalue weighted by Crippen LogP contribution is -2.58. The third-order valence-corrected chi connectivity index (χ3v) is 3.02. The van der Waals surface area contributed by atoms with Gasteiger partial charge >= 0.3 is 5.97 Å². The molecular weight excluding hydrogens is 170 g/mol. The Bertz CT molecular complexity index is 203. The van der Waals surface area contributed by atoms with Crippen LogP contribution in [0.4, 0.5) is 0 Å². The summed E-state index contributed by atoms with van der Waals surface area (Å²) < 4.78 is 5.53. The van der Waals surface area contributed by atoms with Crippen LogP contribution in [-0.2, 0) is 9.53 Å². The molecule has 0 aliphatic carbocycles. The highest BCUT2D eigenvalue weighted by Gasteiger charge is 2.41. The first-order valence-corrected chi connectivity index (χ1v) is 4.74. The summed E-state index contributed by atoms with van der Waals surface area (Å²) in [5.41, 5.74) is 0.342. The molecule has 2 aliphatic heterocycles. The molecule has 4 nitrogen and oxygen atoms in total. The number of nitrogens with one attached hydrogen (secondary N) is 1. The maximum absolute atomic E-state index is 10.4. The van der Waals surface area contributed by atoms with Gasteiger partial charge in [0.15, 0.2) is 0 Å². The highest BCUT2D eigenvalue weighted by molar-refractivity contribution is 5.67. The van der Waals surface area contributed by atoms with Crippen LogP contribution in [-0.4, -0.2) is 36.9 Å². The molecule has 2 heterocycles. The molecule has 2 aliphatic rings. The van der Waals surface area contributed by atoms with Crippen molar-refractivity contribution in [2.75, 3.05) is 19.7 Å². The summed E-state index contributed by atoms with van der Waals surface area (Å²) in [6, 6.07) is 0. The number of aliphatic carboxylic acids is 1. The Morgan fingerprint density at radius 2 is 2.38 bits per heavy atom. The molecule has 2 N–H and O–H groups in total. The van der Waals surface area contributed by atoms with Gasteiger partial charge in [-0.15, -0.1) is 0 Å². The second kappa shape index (κ2) is 3.27. The van der Waals surface area contributed by atoms with Crippen LogP contribution in [0.25, 0.3) is 0 Å². The standard InChI is InChI=1S/C9H15NO3/c11-8(12)3-7-1-2-9(6-13-7)4-10-5-9/h7,10H,1-6H2,(H,11,12). The van der Waals surface area contributed by atoms with Crippen molar-refractivity contribution in [1.29, 1.82) is 0 Å². The lowest BCUT2D eigenvalue weighted by atomic mass is 9.76. The van der Waals surface area contributed by atoms with Gasteiger partial charge in [-0.2, -0.15) is 0 Å². The molecule has 13 heavy (non-hydrogen) atoms. The highest BCUT2D eigenvalue weighted by atomic mass is 16.5. The van der Waals surface area contributed by atoms with Gasteiger partial charge in [-0.25, -0.2) is 0 Å². The maximum Gasteiger partial charge on any atom is 0.305 e. The minimum atomic E-state index is -0.757. The van der Waals surface area contributed by atoms with Gasteiger partial charge in [0.05, 0.1) is 19.1 Å². The van der Waals surface area contributed by atoms with Crippen LogP contribution in [0.1, 0.15) is 19.3 Å². The zero-order chi connectivity index (χ0) is 9.31. The summed E-state index contributed by atoms with van der Waals surface area (Å²) in [5.74, 6) is -0.757. The topological polar surface area (TPSA) is 58.6 Å². The fourth-order valence-corrected chi connectivity index (χ4v) is 2.03. The van der Waals surface area contributed by atoms with Crippen molar-refractivity contribution >= 4 is 5.97 Å². The van der Waals surface area contributed by atoms with E-state index in [2.05, 4.69) is 5.32 Å². The van der Waals surface area contributed by atoms with E-state index in [1.807, 2.05) is 0 Å². The summed E-state index contributed by atoms with van der Waals surface area (Å²) >= 11 is 0. The maximum atomic E-state index is 10.4. The first kappa shape index (κ1) is 8.97. The van der Waals surface area contributed by atoms with E-state index < -0.39 is 5.97 Å². The van der Waals surface area contributed by atoms with Gasteiger partial charge in [0.25, 0.3) is 0 Å². The van der Waals surface area contributed by atoms with Crippen molar-refractivity contribution in [3.63, 3.8) is 0 Å². The lowest BCUT2D eigenvalue weighted by Gasteiger charge is -2.46. The van der Waals surface area contributed by atoms with E-state index in [4.69, 9.17) is 9.84 Å². The van der Waals surface area contributed by atoms with Gasteiger partial charge in [-0.05, 0) is 12.8 Å². The smallest absolute Gasteiger partial charge is 0.305 e. The summed E-state index contributed by atoms with van der Waals surface area (Å²) in [5, 5.41) is 11.8. The average molecular weight is 185 g/mol. The highest BCUT2D eigenvalue weighted by Crippen LogP contribution is 2.35. The Morgan fingerprint density at radius 3 is 2.77 bits per heavy atom. The number of carbonyl (C=O) groups is 1. The molecule has 1 atom stereocenters. The van der Waals surface area contributed by atoms with Gasteiger partial charge in [0.1, 0.15) is 0 Å². The van der Waals surface area contributed by atoms with Crippen LogP contribution in [0.5, 0.6) is 0 Å². The normalized spacial score (nSPS) is 31.2. The molecule has 0 radical (unpaired) electrons. The van der Waals surface area contributed by atoms with Gasteiger partial charge in [0.2, 0.25) is 0 Å². The van der Waals surface area contributed by atoms with Crippen LogP contribution >= 0.6 is 0 Å². The quantitative estimate of drug-likeness (QED) is 0.646. The third kappa shape index (κ3) is 1.84. The predicted molar refractivity (Wildman–Crippen MR) is 46.5 cm³/mol.